The molecule has 1 aliphatic heterocycles. The van der Waals surface area contributed by atoms with E-state index in [4.69, 9.17) is 5.73 Å². The Balaban J connectivity index is 1.46. The predicted octanol–water partition coefficient (Wildman–Crippen LogP) is 1.29. The lowest BCUT2D eigenvalue weighted by Crippen LogP contribution is -2.63. The van der Waals surface area contributed by atoms with Crippen molar-refractivity contribution in [2.45, 2.75) is 37.9 Å². The molecule has 1 aliphatic rings. The molecule has 5 N–H and O–H groups in total. The number of piperazine rings is 1. The third-order valence-electron chi connectivity index (χ3n) is 6.34. The number of carbonyl (C=O) groups is 3. The number of carbonyl (C=O) groups excluding carboxylic acids is 2. The van der Waals surface area contributed by atoms with Crippen LogP contribution in [-0.4, -0.2) is 79.9 Å². The molecule has 35 heavy (non-hydrogen) atoms. The lowest BCUT2D eigenvalue weighted by atomic mass is 10.0. The van der Waals surface area contributed by atoms with Crippen LogP contribution in [0.25, 0.3) is 11.0 Å². The number of nitrogens with zero attached hydrogens (tertiary/aromatic N) is 4. The molecule has 4 rings (SSSR count). The fraction of sp³-hybridized carbons (Fsp3) is 0.375. The van der Waals surface area contributed by atoms with Crippen molar-refractivity contribution >= 4 is 28.9 Å². The minimum atomic E-state index is -1.13. The van der Waals surface area contributed by atoms with Gasteiger partial charge in [0.25, 0.3) is 0 Å². The number of hydrogen-bond acceptors (Lipinski definition) is 6. The van der Waals surface area contributed by atoms with E-state index in [-0.39, 0.29) is 25.5 Å². The maximum atomic E-state index is 13.3. The number of benzene rings is 2. The van der Waals surface area contributed by atoms with Crippen molar-refractivity contribution in [1.29, 1.82) is 0 Å². The highest BCUT2D eigenvalue weighted by Crippen LogP contribution is 2.19. The van der Waals surface area contributed by atoms with Crippen molar-refractivity contribution in [3.8, 4) is 0 Å². The Hall–Kier alpha value is -3.99. The predicted molar refractivity (Wildman–Crippen MR) is 128 cm³/mol. The second-order valence-corrected chi connectivity index (χ2v) is 8.71. The van der Waals surface area contributed by atoms with Crippen LogP contribution >= 0.6 is 0 Å². The highest BCUT2D eigenvalue weighted by Gasteiger charge is 2.38. The van der Waals surface area contributed by atoms with E-state index in [9.17, 15) is 19.5 Å². The molecule has 0 spiro atoms. The quantitative estimate of drug-likeness (QED) is 0.397. The lowest BCUT2D eigenvalue weighted by molar-refractivity contribution is -0.144. The Labute approximate surface area is 202 Å². The Morgan fingerprint density at radius 3 is 2.63 bits per heavy atom. The molecule has 1 saturated heterocycles. The Morgan fingerprint density at radius 1 is 1.14 bits per heavy atom. The molecule has 0 radical (unpaired) electrons. The maximum Gasteiger partial charge on any atom is 0.407 e. The molecular weight excluding hydrogens is 450 g/mol. The van der Waals surface area contributed by atoms with Crippen LogP contribution in [-0.2, 0) is 16.0 Å². The van der Waals surface area contributed by atoms with Crippen molar-refractivity contribution in [3.63, 3.8) is 0 Å². The van der Waals surface area contributed by atoms with Crippen LogP contribution in [0.4, 0.5) is 4.79 Å². The molecule has 0 bridgehead atoms. The molecule has 3 unspecified atom stereocenters. The summed E-state index contributed by atoms with van der Waals surface area (Å²) < 4.78 is 0. The van der Waals surface area contributed by atoms with Crippen molar-refractivity contribution in [2.75, 3.05) is 19.6 Å². The van der Waals surface area contributed by atoms with Gasteiger partial charge in [0.2, 0.25) is 11.8 Å². The number of aryl methyl sites for hydroxylation is 1. The van der Waals surface area contributed by atoms with Gasteiger partial charge in [0.05, 0.1) is 18.6 Å². The van der Waals surface area contributed by atoms with E-state index in [1.807, 2.05) is 49.4 Å². The summed E-state index contributed by atoms with van der Waals surface area (Å²) in [5, 5.41) is 23.0. The number of amides is 3. The molecule has 1 aromatic heterocycles. The average molecular weight is 480 g/mol. The number of hydrogen-bond donors (Lipinski definition) is 4. The molecule has 2 aromatic carbocycles. The van der Waals surface area contributed by atoms with Crippen LogP contribution in [0.15, 0.2) is 48.5 Å². The minimum absolute atomic E-state index is 0.0987. The van der Waals surface area contributed by atoms with Gasteiger partial charge in [-0.05, 0) is 43.0 Å². The van der Waals surface area contributed by atoms with Crippen LogP contribution in [0.1, 0.15) is 30.5 Å². The number of nitrogens with one attached hydrogen (secondary N) is 2. The summed E-state index contributed by atoms with van der Waals surface area (Å²) in [6, 6.07) is 13.0. The normalized spacial score (nSPS) is 17.7. The molecule has 3 aromatic rings. The van der Waals surface area contributed by atoms with E-state index in [0.29, 0.717) is 23.9 Å². The number of H-pyrrole nitrogens is 1. The van der Waals surface area contributed by atoms with E-state index in [1.54, 1.807) is 6.07 Å². The summed E-state index contributed by atoms with van der Waals surface area (Å²) in [5.41, 5.74) is 9.47. The molecule has 0 saturated carbocycles. The smallest absolute Gasteiger partial charge is 0.407 e. The van der Waals surface area contributed by atoms with Crippen LogP contribution < -0.4 is 11.1 Å². The van der Waals surface area contributed by atoms with Gasteiger partial charge in [-0.3, -0.25) is 9.59 Å². The van der Waals surface area contributed by atoms with Crippen LogP contribution in [0.2, 0.25) is 0 Å². The topological polar surface area (TPSA) is 158 Å². The number of rotatable bonds is 7. The SMILES string of the molecule is CC(NC(=O)C1CN(C(=O)O)CCN1C(=O)C(N)CCc1ccccc1)c1ccc2n[nH]nc2c1. The molecule has 0 aliphatic carbocycles. The fourth-order valence-electron chi connectivity index (χ4n) is 4.27. The van der Waals surface area contributed by atoms with Gasteiger partial charge in [-0.1, -0.05) is 36.4 Å². The third kappa shape index (κ3) is 5.57. The standard InChI is InChI=1S/C24H29N7O4/c1-15(17-8-10-19-20(13-17)28-29-27-19)26-22(32)21-14-30(24(34)35)11-12-31(21)23(33)18(25)9-7-16-5-3-2-4-6-16/h2-6,8,10,13,15,18,21H,7,9,11-12,14,25H2,1H3,(H,26,32)(H,34,35)(H,27,28,29). The van der Waals surface area contributed by atoms with Gasteiger partial charge in [0.15, 0.2) is 0 Å². The molecule has 2 heterocycles. The molecule has 3 amide bonds. The molecule has 184 valence electrons. The van der Waals surface area contributed by atoms with Gasteiger partial charge < -0.3 is 26.0 Å². The minimum Gasteiger partial charge on any atom is -0.465 e. The molecule has 3 atom stereocenters. The second-order valence-electron chi connectivity index (χ2n) is 8.71. The molecule has 11 heteroatoms. The van der Waals surface area contributed by atoms with E-state index >= 15 is 0 Å². The number of aromatic nitrogens is 3. The van der Waals surface area contributed by atoms with Gasteiger partial charge in [-0.15, -0.1) is 0 Å². The number of aromatic amines is 1. The zero-order valence-electron chi connectivity index (χ0n) is 19.4. The summed E-state index contributed by atoms with van der Waals surface area (Å²) in [6.07, 6.45) is -0.0843. The zero-order chi connectivity index (χ0) is 24.9. The summed E-state index contributed by atoms with van der Waals surface area (Å²) in [6.45, 7) is 1.91. The first-order valence-corrected chi connectivity index (χ1v) is 11.5. The highest BCUT2D eigenvalue weighted by atomic mass is 16.4. The first kappa shape index (κ1) is 24.1. The summed E-state index contributed by atoms with van der Waals surface area (Å²) in [5.74, 6) is -0.796. The van der Waals surface area contributed by atoms with Gasteiger partial charge in [0, 0.05) is 13.1 Å². The highest BCUT2D eigenvalue weighted by molar-refractivity contribution is 5.91. The number of nitrogens with two attached hydrogens (primary N) is 1. The lowest BCUT2D eigenvalue weighted by Gasteiger charge is -2.40. The Bertz CT molecular complexity index is 1200. The van der Waals surface area contributed by atoms with Crippen LogP contribution in [0.5, 0.6) is 0 Å². The second kappa shape index (κ2) is 10.5. The van der Waals surface area contributed by atoms with Crippen molar-refractivity contribution in [3.05, 3.63) is 59.7 Å². The van der Waals surface area contributed by atoms with Crippen molar-refractivity contribution in [1.82, 2.24) is 30.5 Å². The van der Waals surface area contributed by atoms with Crippen molar-refractivity contribution in [2.24, 2.45) is 5.73 Å². The van der Waals surface area contributed by atoms with Gasteiger partial charge >= 0.3 is 6.09 Å². The Morgan fingerprint density at radius 2 is 1.89 bits per heavy atom. The molecule has 1 fully saturated rings. The largest absolute Gasteiger partial charge is 0.465 e. The van der Waals surface area contributed by atoms with Gasteiger partial charge in [0.1, 0.15) is 17.1 Å². The Kier molecular flexibility index (Phi) is 7.25. The fourth-order valence-corrected chi connectivity index (χ4v) is 4.27. The number of carboxylic acid groups (broad SMARTS) is 1. The first-order chi connectivity index (χ1) is 16.8. The maximum absolute atomic E-state index is 13.3. The van der Waals surface area contributed by atoms with E-state index in [1.165, 1.54) is 4.90 Å². The van der Waals surface area contributed by atoms with Gasteiger partial charge in [-0.2, -0.15) is 15.4 Å². The van der Waals surface area contributed by atoms with E-state index < -0.39 is 30.1 Å². The third-order valence-corrected chi connectivity index (χ3v) is 6.34. The van der Waals surface area contributed by atoms with Crippen molar-refractivity contribution < 1.29 is 19.5 Å². The van der Waals surface area contributed by atoms with E-state index in [2.05, 4.69) is 20.7 Å². The van der Waals surface area contributed by atoms with Crippen LogP contribution in [0, 0.1) is 0 Å². The summed E-state index contributed by atoms with van der Waals surface area (Å²) >= 11 is 0. The van der Waals surface area contributed by atoms with Crippen LogP contribution in [0.3, 0.4) is 0 Å². The summed E-state index contributed by atoms with van der Waals surface area (Å²) in [7, 11) is 0. The average Bonchev–Trinajstić information content (AvgIpc) is 3.35. The van der Waals surface area contributed by atoms with E-state index in [0.717, 1.165) is 16.0 Å². The molecular formula is C24H29N7O4. The first-order valence-electron chi connectivity index (χ1n) is 11.5. The monoisotopic (exact) mass is 479 g/mol. The van der Waals surface area contributed by atoms with Gasteiger partial charge in [-0.25, -0.2) is 4.79 Å². The number of fused-ring (bicyclic) bond motifs is 1. The zero-order valence-corrected chi connectivity index (χ0v) is 19.4. The molecule has 11 nitrogen and oxygen atoms in total. The summed E-state index contributed by atoms with van der Waals surface area (Å²) in [4.78, 5) is 40.6.